The van der Waals surface area contributed by atoms with Gasteiger partial charge < -0.3 is 14.8 Å². The van der Waals surface area contributed by atoms with Gasteiger partial charge in [-0.25, -0.2) is 4.79 Å². The second-order valence-corrected chi connectivity index (χ2v) is 8.06. The maximum atomic E-state index is 12.8. The monoisotopic (exact) mass is 401 g/mol. The summed E-state index contributed by atoms with van der Waals surface area (Å²) < 4.78 is 11.0. The van der Waals surface area contributed by atoms with Gasteiger partial charge in [0.2, 0.25) is 0 Å². The van der Waals surface area contributed by atoms with Crippen LogP contribution in [0.15, 0.2) is 24.3 Å². The van der Waals surface area contributed by atoms with E-state index in [1.807, 2.05) is 6.92 Å². The third-order valence-corrected chi connectivity index (χ3v) is 6.11. The Kier molecular flexibility index (Phi) is 6.73. The standard InChI is InChI=1S/C22H27NO4S/c1-4-14(3)27-16-12-10-15(11-13-16)20(24)23-21-19(22(25)26-5-2)17-8-6-7-9-18(17)28-21/h10-14H,4-9H2,1-3H3,(H,23,24). The Morgan fingerprint density at radius 2 is 1.86 bits per heavy atom. The minimum atomic E-state index is -0.352. The van der Waals surface area contributed by atoms with E-state index in [4.69, 9.17) is 9.47 Å². The molecule has 1 amide bonds. The first-order chi connectivity index (χ1) is 13.5. The maximum absolute atomic E-state index is 12.8. The van der Waals surface area contributed by atoms with Crippen LogP contribution in [0.5, 0.6) is 5.75 Å². The number of carbonyl (C=O) groups excluding carboxylic acids is 2. The van der Waals surface area contributed by atoms with Gasteiger partial charge >= 0.3 is 5.97 Å². The topological polar surface area (TPSA) is 64.6 Å². The first-order valence-electron chi connectivity index (χ1n) is 9.93. The lowest BCUT2D eigenvalue weighted by atomic mass is 9.95. The third kappa shape index (κ3) is 4.55. The first-order valence-corrected chi connectivity index (χ1v) is 10.7. The molecule has 5 nitrogen and oxygen atoms in total. The van der Waals surface area contributed by atoms with E-state index in [-0.39, 0.29) is 18.0 Å². The molecule has 1 aromatic heterocycles. The zero-order chi connectivity index (χ0) is 20.1. The number of ether oxygens (including phenoxy) is 2. The van der Waals surface area contributed by atoms with E-state index in [0.717, 1.165) is 43.4 Å². The number of hydrogen-bond acceptors (Lipinski definition) is 5. The molecule has 0 saturated carbocycles. The number of carbonyl (C=O) groups is 2. The van der Waals surface area contributed by atoms with Crippen molar-refractivity contribution in [3.05, 3.63) is 45.8 Å². The predicted octanol–water partition coefficient (Wildman–Crippen LogP) is 5.23. The van der Waals surface area contributed by atoms with Crippen molar-refractivity contribution in [2.75, 3.05) is 11.9 Å². The van der Waals surface area contributed by atoms with Crippen LogP contribution in [-0.2, 0) is 17.6 Å². The summed E-state index contributed by atoms with van der Waals surface area (Å²) in [6.07, 6.45) is 5.02. The lowest BCUT2D eigenvalue weighted by molar-refractivity contribution is 0.0526. The number of anilines is 1. The molecule has 0 radical (unpaired) electrons. The molecule has 1 aliphatic rings. The highest BCUT2D eigenvalue weighted by molar-refractivity contribution is 7.17. The van der Waals surface area contributed by atoms with Crippen molar-refractivity contribution < 1.29 is 19.1 Å². The SMILES string of the molecule is CCOC(=O)c1c(NC(=O)c2ccc(OC(C)CC)cc2)sc2c1CCCC2. The molecular weight excluding hydrogens is 374 g/mol. The van der Waals surface area contributed by atoms with Crippen LogP contribution in [0.25, 0.3) is 0 Å². The Balaban J connectivity index is 1.80. The Labute approximate surface area is 170 Å². The van der Waals surface area contributed by atoms with Crippen LogP contribution in [-0.4, -0.2) is 24.6 Å². The lowest BCUT2D eigenvalue weighted by Crippen LogP contribution is -2.16. The van der Waals surface area contributed by atoms with Crippen molar-refractivity contribution in [1.29, 1.82) is 0 Å². The van der Waals surface area contributed by atoms with Gasteiger partial charge in [0, 0.05) is 10.4 Å². The largest absolute Gasteiger partial charge is 0.491 e. The maximum Gasteiger partial charge on any atom is 0.341 e. The molecular formula is C22H27NO4S. The summed E-state index contributed by atoms with van der Waals surface area (Å²) in [5.74, 6) is 0.151. The normalized spacial score (nSPS) is 14.1. The van der Waals surface area contributed by atoms with E-state index < -0.39 is 0 Å². The molecule has 2 aromatic rings. The number of nitrogens with one attached hydrogen (secondary N) is 1. The van der Waals surface area contributed by atoms with Gasteiger partial charge in [-0.15, -0.1) is 11.3 Å². The van der Waals surface area contributed by atoms with E-state index in [1.165, 1.54) is 16.2 Å². The van der Waals surface area contributed by atoms with Crippen molar-refractivity contribution >= 4 is 28.2 Å². The van der Waals surface area contributed by atoms with Gasteiger partial charge in [-0.1, -0.05) is 6.92 Å². The molecule has 1 heterocycles. The number of rotatable bonds is 7. The van der Waals surface area contributed by atoms with E-state index in [2.05, 4.69) is 12.2 Å². The fraction of sp³-hybridized carbons (Fsp3) is 0.455. The number of aryl methyl sites for hydroxylation is 1. The summed E-state index contributed by atoms with van der Waals surface area (Å²) in [5, 5.41) is 3.53. The molecule has 1 unspecified atom stereocenters. The van der Waals surface area contributed by atoms with Crippen LogP contribution in [0.1, 0.15) is 71.2 Å². The molecule has 3 rings (SSSR count). The van der Waals surface area contributed by atoms with E-state index in [0.29, 0.717) is 22.7 Å². The molecule has 6 heteroatoms. The van der Waals surface area contributed by atoms with Crippen LogP contribution < -0.4 is 10.1 Å². The average molecular weight is 402 g/mol. The van der Waals surface area contributed by atoms with Crippen LogP contribution in [0.2, 0.25) is 0 Å². The smallest absolute Gasteiger partial charge is 0.341 e. The Morgan fingerprint density at radius 3 is 2.54 bits per heavy atom. The molecule has 1 aromatic carbocycles. The van der Waals surface area contributed by atoms with Crippen molar-refractivity contribution in [3.63, 3.8) is 0 Å². The fourth-order valence-electron chi connectivity index (χ4n) is 3.25. The number of fused-ring (bicyclic) bond motifs is 1. The highest BCUT2D eigenvalue weighted by atomic mass is 32.1. The van der Waals surface area contributed by atoms with E-state index in [9.17, 15) is 9.59 Å². The van der Waals surface area contributed by atoms with E-state index >= 15 is 0 Å². The molecule has 0 fully saturated rings. The summed E-state index contributed by atoms with van der Waals surface area (Å²) in [7, 11) is 0. The van der Waals surface area contributed by atoms with Gasteiger partial charge in [-0.05, 0) is 75.8 Å². The van der Waals surface area contributed by atoms with Crippen LogP contribution in [0, 0.1) is 0 Å². The quantitative estimate of drug-likeness (QED) is 0.645. The Morgan fingerprint density at radius 1 is 1.14 bits per heavy atom. The number of esters is 1. The Bertz CT molecular complexity index is 841. The predicted molar refractivity (Wildman–Crippen MR) is 112 cm³/mol. The van der Waals surface area contributed by atoms with Crippen molar-refractivity contribution in [2.24, 2.45) is 0 Å². The van der Waals surface area contributed by atoms with Crippen molar-refractivity contribution in [2.45, 2.75) is 59.0 Å². The molecule has 28 heavy (non-hydrogen) atoms. The molecule has 1 atom stereocenters. The number of benzene rings is 1. The highest BCUT2D eigenvalue weighted by Gasteiger charge is 2.27. The zero-order valence-corrected chi connectivity index (χ0v) is 17.5. The molecule has 0 aliphatic heterocycles. The second kappa shape index (κ2) is 9.24. The highest BCUT2D eigenvalue weighted by Crippen LogP contribution is 2.38. The van der Waals surface area contributed by atoms with E-state index in [1.54, 1.807) is 31.2 Å². The molecule has 0 saturated heterocycles. The van der Waals surface area contributed by atoms with Gasteiger partial charge in [0.1, 0.15) is 10.8 Å². The average Bonchev–Trinajstić information content (AvgIpc) is 3.06. The van der Waals surface area contributed by atoms with Crippen LogP contribution in [0.3, 0.4) is 0 Å². The molecule has 1 aliphatic carbocycles. The number of thiophene rings is 1. The number of hydrogen-bond donors (Lipinski definition) is 1. The van der Waals surface area contributed by atoms with Crippen molar-refractivity contribution in [3.8, 4) is 5.75 Å². The summed E-state index contributed by atoms with van der Waals surface area (Å²) in [4.78, 5) is 26.4. The molecule has 0 bridgehead atoms. The molecule has 1 N–H and O–H groups in total. The third-order valence-electron chi connectivity index (χ3n) is 4.91. The van der Waals surface area contributed by atoms with Crippen LogP contribution in [0.4, 0.5) is 5.00 Å². The minimum absolute atomic E-state index is 0.129. The summed E-state index contributed by atoms with van der Waals surface area (Å²) >= 11 is 1.50. The molecule has 150 valence electrons. The van der Waals surface area contributed by atoms with Crippen LogP contribution >= 0.6 is 11.3 Å². The summed E-state index contributed by atoms with van der Waals surface area (Å²) in [6, 6.07) is 7.08. The molecule has 0 spiro atoms. The van der Waals surface area contributed by atoms with Gasteiger partial charge in [0.25, 0.3) is 5.91 Å². The van der Waals surface area contributed by atoms with Gasteiger partial charge in [-0.2, -0.15) is 0 Å². The van der Waals surface area contributed by atoms with Gasteiger partial charge in [-0.3, -0.25) is 4.79 Å². The van der Waals surface area contributed by atoms with Gasteiger partial charge in [0.05, 0.1) is 18.3 Å². The Hall–Kier alpha value is -2.34. The lowest BCUT2D eigenvalue weighted by Gasteiger charge is -2.13. The second-order valence-electron chi connectivity index (χ2n) is 6.95. The minimum Gasteiger partial charge on any atom is -0.491 e. The zero-order valence-electron chi connectivity index (χ0n) is 16.7. The van der Waals surface area contributed by atoms with Crippen molar-refractivity contribution in [1.82, 2.24) is 0 Å². The summed E-state index contributed by atoms with van der Waals surface area (Å²) in [6.45, 7) is 6.18. The van der Waals surface area contributed by atoms with Gasteiger partial charge in [0.15, 0.2) is 0 Å². The first kappa shape index (κ1) is 20.4. The number of amides is 1. The fourth-order valence-corrected chi connectivity index (χ4v) is 4.52. The summed E-state index contributed by atoms with van der Waals surface area (Å²) in [5.41, 5.74) is 2.10.